The number of hydrogen-bond acceptors (Lipinski definition) is 3. The second-order valence-electron chi connectivity index (χ2n) is 2.34. The van der Waals surface area contributed by atoms with Crippen molar-refractivity contribution < 1.29 is 15.3 Å². The third-order valence-electron chi connectivity index (χ3n) is 1.39. The summed E-state index contributed by atoms with van der Waals surface area (Å²) < 4.78 is 0. The molecule has 52 valence electrons. The third kappa shape index (κ3) is 1.78. The lowest BCUT2D eigenvalue weighted by Gasteiger charge is -2.22. The second-order valence-corrected chi connectivity index (χ2v) is 2.34. The fraction of sp³-hybridized carbons (Fsp3) is 0.667. The molecule has 1 unspecified atom stereocenters. The van der Waals surface area contributed by atoms with E-state index in [1.807, 2.05) is 0 Å². The molecular formula is C6H10O3. The molecule has 0 saturated carbocycles. The monoisotopic (exact) mass is 130 g/mol. The van der Waals surface area contributed by atoms with E-state index in [9.17, 15) is 0 Å². The van der Waals surface area contributed by atoms with Crippen molar-refractivity contribution in [3.05, 3.63) is 12.2 Å². The van der Waals surface area contributed by atoms with Crippen LogP contribution in [0, 0.1) is 0 Å². The lowest BCUT2D eigenvalue weighted by molar-refractivity contribution is -0.132. The maximum Gasteiger partial charge on any atom is 0.182 e. The summed E-state index contributed by atoms with van der Waals surface area (Å²) in [6.07, 6.45) is 2.73. The lowest BCUT2D eigenvalue weighted by atomic mass is 10.0. The highest BCUT2D eigenvalue weighted by atomic mass is 16.5. The summed E-state index contributed by atoms with van der Waals surface area (Å²) in [6, 6.07) is 0. The van der Waals surface area contributed by atoms with Gasteiger partial charge in [0.2, 0.25) is 0 Å². The molecule has 1 atom stereocenters. The average Bonchev–Trinajstić information content (AvgIpc) is 1.78. The van der Waals surface area contributed by atoms with Crippen LogP contribution in [0.4, 0.5) is 0 Å². The highest BCUT2D eigenvalue weighted by Crippen LogP contribution is 2.18. The molecule has 0 bridgehead atoms. The SMILES string of the molecule is OC1C=CC(O)(O)CC1. The van der Waals surface area contributed by atoms with Crippen LogP contribution in [0.3, 0.4) is 0 Å². The highest BCUT2D eigenvalue weighted by molar-refractivity contribution is 5.02. The molecular weight excluding hydrogens is 120 g/mol. The zero-order valence-electron chi connectivity index (χ0n) is 4.99. The van der Waals surface area contributed by atoms with Crippen LogP contribution in [-0.4, -0.2) is 27.2 Å². The Bertz CT molecular complexity index is 128. The van der Waals surface area contributed by atoms with Gasteiger partial charge in [0, 0.05) is 6.42 Å². The summed E-state index contributed by atoms with van der Waals surface area (Å²) in [5.41, 5.74) is 0. The number of aliphatic hydroxyl groups is 3. The normalized spacial score (nSPS) is 32.6. The number of aliphatic hydroxyl groups excluding tert-OH is 1. The van der Waals surface area contributed by atoms with Crippen LogP contribution in [0.5, 0.6) is 0 Å². The quantitative estimate of drug-likeness (QED) is 0.302. The predicted molar refractivity (Wildman–Crippen MR) is 31.5 cm³/mol. The molecule has 3 heteroatoms. The van der Waals surface area contributed by atoms with E-state index in [1.165, 1.54) is 12.2 Å². The van der Waals surface area contributed by atoms with Crippen molar-refractivity contribution in [3.8, 4) is 0 Å². The Hall–Kier alpha value is -0.380. The van der Waals surface area contributed by atoms with Gasteiger partial charge >= 0.3 is 0 Å². The Morgan fingerprint density at radius 3 is 2.44 bits per heavy atom. The first-order valence-corrected chi connectivity index (χ1v) is 2.92. The number of rotatable bonds is 0. The molecule has 9 heavy (non-hydrogen) atoms. The van der Waals surface area contributed by atoms with E-state index in [2.05, 4.69) is 0 Å². The van der Waals surface area contributed by atoms with Crippen LogP contribution in [0.2, 0.25) is 0 Å². The standard InChI is InChI=1S/C6H10O3/c7-5-1-3-6(8,9)4-2-5/h1,3,5,7-9H,2,4H2. The molecule has 3 N–H and O–H groups in total. The zero-order chi connectivity index (χ0) is 6.91. The molecule has 0 heterocycles. The van der Waals surface area contributed by atoms with Crippen LogP contribution in [-0.2, 0) is 0 Å². The van der Waals surface area contributed by atoms with Crippen molar-refractivity contribution in [2.45, 2.75) is 24.7 Å². The summed E-state index contributed by atoms with van der Waals surface area (Å²) in [6.45, 7) is 0. The smallest absolute Gasteiger partial charge is 0.182 e. The topological polar surface area (TPSA) is 60.7 Å². The van der Waals surface area contributed by atoms with Gasteiger partial charge < -0.3 is 15.3 Å². The Balaban J connectivity index is 2.58. The molecule has 1 aliphatic rings. The summed E-state index contributed by atoms with van der Waals surface area (Å²) in [4.78, 5) is 0. The van der Waals surface area contributed by atoms with Gasteiger partial charge in [0.1, 0.15) is 0 Å². The van der Waals surface area contributed by atoms with Gasteiger partial charge in [0.25, 0.3) is 0 Å². The minimum atomic E-state index is -1.68. The second kappa shape index (κ2) is 2.10. The average molecular weight is 130 g/mol. The molecule has 0 aromatic heterocycles. The van der Waals surface area contributed by atoms with Gasteiger partial charge in [0.05, 0.1) is 6.10 Å². The summed E-state index contributed by atoms with van der Waals surface area (Å²) in [7, 11) is 0. The summed E-state index contributed by atoms with van der Waals surface area (Å²) >= 11 is 0. The molecule has 3 nitrogen and oxygen atoms in total. The molecule has 0 saturated heterocycles. The van der Waals surface area contributed by atoms with Crippen molar-refractivity contribution in [3.63, 3.8) is 0 Å². The van der Waals surface area contributed by atoms with Crippen LogP contribution < -0.4 is 0 Å². The van der Waals surface area contributed by atoms with Gasteiger partial charge in [-0.15, -0.1) is 0 Å². The maximum atomic E-state index is 8.85. The van der Waals surface area contributed by atoms with Crippen LogP contribution >= 0.6 is 0 Å². The lowest BCUT2D eigenvalue weighted by Crippen LogP contribution is -2.30. The Morgan fingerprint density at radius 1 is 1.44 bits per heavy atom. The minimum Gasteiger partial charge on any atom is -0.389 e. The zero-order valence-corrected chi connectivity index (χ0v) is 4.99. The molecule has 0 radical (unpaired) electrons. The first kappa shape index (κ1) is 6.74. The van der Waals surface area contributed by atoms with E-state index >= 15 is 0 Å². The Morgan fingerprint density at radius 2 is 2.11 bits per heavy atom. The fourth-order valence-electron chi connectivity index (χ4n) is 0.805. The van der Waals surface area contributed by atoms with Crippen molar-refractivity contribution in [1.82, 2.24) is 0 Å². The largest absolute Gasteiger partial charge is 0.389 e. The van der Waals surface area contributed by atoms with Crippen LogP contribution in [0.1, 0.15) is 12.8 Å². The molecule has 0 aliphatic heterocycles. The van der Waals surface area contributed by atoms with Crippen LogP contribution in [0.15, 0.2) is 12.2 Å². The van der Waals surface area contributed by atoms with Gasteiger partial charge in [-0.3, -0.25) is 0 Å². The first-order chi connectivity index (χ1) is 4.10. The van der Waals surface area contributed by atoms with Crippen LogP contribution in [0.25, 0.3) is 0 Å². The predicted octanol–water partition coefficient (Wildman–Crippen LogP) is -0.622. The number of hydrogen-bond donors (Lipinski definition) is 3. The minimum absolute atomic E-state index is 0.213. The molecule has 1 aliphatic carbocycles. The fourth-order valence-corrected chi connectivity index (χ4v) is 0.805. The van der Waals surface area contributed by atoms with Gasteiger partial charge in [-0.25, -0.2) is 0 Å². The van der Waals surface area contributed by atoms with E-state index in [4.69, 9.17) is 15.3 Å². The third-order valence-corrected chi connectivity index (χ3v) is 1.39. The van der Waals surface area contributed by atoms with Gasteiger partial charge in [-0.1, -0.05) is 6.08 Å². The van der Waals surface area contributed by atoms with Gasteiger partial charge in [-0.05, 0) is 12.5 Å². The van der Waals surface area contributed by atoms with Crippen molar-refractivity contribution in [2.24, 2.45) is 0 Å². The van der Waals surface area contributed by atoms with Crippen molar-refractivity contribution >= 4 is 0 Å². The van der Waals surface area contributed by atoms with Gasteiger partial charge in [-0.2, -0.15) is 0 Å². The molecule has 0 amide bonds. The summed E-state index contributed by atoms with van der Waals surface area (Å²) in [5, 5.41) is 26.5. The van der Waals surface area contributed by atoms with Crippen molar-refractivity contribution in [1.29, 1.82) is 0 Å². The Labute approximate surface area is 53.3 Å². The van der Waals surface area contributed by atoms with E-state index in [1.54, 1.807) is 0 Å². The summed E-state index contributed by atoms with van der Waals surface area (Å²) in [5.74, 6) is -1.68. The van der Waals surface area contributed by atoms with E-state index in [-0.39, 0.29) is 6.42 Å². The molecule has 0 aromatic rings. The highest BCUT2D eigenvalue weighted by Gasteiger charge is 2.23. The van der Waals surface area contributed by atoms with E-state index < -0.39 is 11.9 Å². The van der Waals surface area contributed by atoms with Gasteiger partial charge in [0.15, 0.2) is 5.79 Å². The first-order valence-electron chi connectivity index (χ1n) is 2.92. The molecule has 1 rings (SSSR count). The molecule has 0 fully saturated rings. The maximum absolute atomic E-state index is 8.85. The van der Waals surface area contributed by atoms with E-state index in [0.717, 1.165) is 0 Å². The molecule has 0 spiro atoms. The van der Waals surface area contributed by atoms with Crippen molar-refractivity contribution in [2.75, 3.05) is 0 Å². The molecule has 0 aromatic carbocycles. The Kier molecular flexibility index (Phi) is 1.57. The van der Waals surface area contributed by atoms with E-state index in [0.29, 0.717) is 6.42 Å².